The summed E-state index contributed by atoms with van der Waals surface area (Å²) in [6.07, 6.45) is 5.94. The number of methoxy groups -OCH3 is 1. The first kappa shape index (κ1) is 18.1. The molecule has 0 aromatic carbocycles. The number of aromatic nitrogens is 3. The number of pyridine rings is 1. The fourth-order valence-electron chi connectivity index (χ4n) is 3.94. The van der Waals surface area contributed by atoms with Crippen molar-refractivity contribution < 1.29 is 9.53 Å². The number of amides is 1. The SMILES string of the molecule is COc1c(N)ncnc1Nc1cc(C)c2n(c1=O)NC1(CCCCC1)NC2=O. The van der Waals surface area contributed by atoms with Crippen molar-refractivity contribution in [2.75, 3.05) is 23.6 Å². The highest BCUT2D eigenvalue weighted by atomic mass is 16.5. The number of nitrogens with zero attached hydrogens (tertiary/aromatic N) is 3. The molecule has 1 saturated carbocycles. The lowest BCUT2D eigenvalue weighted by Gasteiger charge is -2.43. The van der Waals surface area contributed by atoms with Crippen molar-refractivity contribution in [3.63, 3.8) is 0 Å². The Hall–Kier alpha value is -3.30. The number of anilines is 3. The molecular weight excluding hydrogens is 362 g/mol. The van der Waals surface area contributed by atoms with Crippen LogP contribution >= 0.6 is 0 Å². The number of carbonyl (C=O) groups is 1. The van der Waals surface area contributed by atoms with Crippen LogP contribution in [0.1, 0.15) is 48.2 Å². The predicted molar refractivity (Wildman–Crippen MR) is 104 cm³/mol. The first-order valence-corrected chi connectivity index (χ1v) is 9.23. The minimum atomic E-state index is -0.589. The second-order valence-electron chi connectivity index (χ2n) is 7.20. The highest BCUT2D eigenvalue weighted by Crippen LogP contribution is 2.31. The molecule has 0 radical (unpaired) electrons. The molecule has 1 amide bonds. The summed E-state index contributed by atoms with van der Waals surface area (Å²) < 4.78 is 6.58. The zero-order valence-electron chi connectivity index (χ0n) is 15.8. The molecular formula is C18H23N7O3. The van der Waals surface area contributed by atoms with Crippen LogP contribution in [0.2, 0.25) is 0 Å². The smallest absolute Gasteiger partial charge is 0.293 e. The van der Waals surface area contributed by atoms with Gasteiger partial charge in [-0.3, -0.25) is 15.0 Å². The maximum Gasteiger partial charge on any atom is 0.293 e. The van der Waals surface area contributed by atoms with E-state index < -0.39 is 5.66 Å². The minimum absolute atomic E-state index is 0.161. The molecule has 10 heteroatoms. The normalized spacial score (nSPS) is 17.4. The molecule has 0 atom stereocenters. The van der Waals surface area contributed by atoms with Crippen molar-refractivity contribution in [1.82, 2.24) is 20.0 Å². The summed E-state index contributed by atoms with van der Waals surface area (Å²) in [6, 6.07) is 1.62. The highest BCUT2D eigenvalue weighted by molar-refractivity contribution is 5.96. The number of hydrogen-bond donors (Lipinski definition) is 4. The van der Waals surface area contributed by atoms with E-state index in [9.17, 15) is 9.59 Å². The highest BCUT2D eigenvalue weighted by Gasteiger charge is 2.40. The van der Waals surface area contributed by atoms with Crippen LogP contribution in [0, 0.1) is 6.92 Å². The molecule has 0 saturated heterocycles. The molecule has 1 aliphatic carbocycles. The number of rotatable bonds is 3. The van der Waals surface area contributed by atoms with Crippen LogP contribution in [0.3, 0.4) is 0 Å². The lowest BCUT2D eigenvalue weighted by molar-refractivity contribution is 0.0833. The Morgan fingerprint density at radius 1 is 1.25 bits per heavy atom. The Balaban J connectivity index is 1.78. The molecule has 5 N–H and O–H groups in total. The molecule has 1 fully saturated rings. The van der Waals surface area contributed by atoms with E-state index in [1.807, 2.05) is 0 Å². The average molecular weight is 385 g/mol. The average Bonchev–Trinajstić information content (AvgIpc) is 2.66. The number of nitrogens with one attached hydrogen (secondary N) is 3. The fraction of sp³-hybridized carbons (Fsp3) is 0.444. The standard InChI is InChI=1S/C18H23N7O3/c1-10-8-11(22-15-13(28-2)14(19)20-9-21-15)17(27)25-12(10)16(26)23-18(24-25)6-4-3-5-7-18/h8-9,24H,3-7H2,1-2H3,(H,23,26)(H3,19,20,21,22). The summed E-state index contributed by atoms with van der Waals surface area (Å²) in [6.45, 7) is 1.78. The zero-order chi connectivity index (χ0) is 19.9. The van der Waals surface area contributed by atoms with E-state index in [1.165, 1.54) is 18.1 Å². The van der Waals surface area contributed by atoms with Gasteiger partial charge in [-0.05, 0) is 44.2 Å². The first-order valence-electron chi connectivity index (χ1n) is 9.23. The Bertz CT molecular complexity index is 995. The maximum absolute atomic E-state index is 13.2. The molecule has 10 nitrogen and oxygen atoms in total. The van der Waals surface area contributed by atoms with Crippen molar-refractivity contribution in [3.8, 4) is 5.75 Å². The number of fused-ring (bicyclic) bond motifs is 1. The van der Waals surface area contributed by atoms with E-state index in [0.29, 0.717) is 11.3 Å². The number of nitrogen functional groups attached to an aromatic ring is 1. The van der Waals surface area contributed by atoms with E-state index in [2.05, 4.69) is 26.0 Å². The summed E-state index contributed by atoms with van der Waals surface area (Å²) in [4.78, 5) is 33.9. The van der Waals surface area contributed by atoms with Gasteiger partial charge in [0.15, 0.2) is 11.6 Å². The summed E-state index contributed by atoms with van der Waals surface area (Å²) >= 11 is 0. The maximum atomic E-state index is 13.2. The molecule has 1 spiro atoms. The molecule has 4 rings (SSSR count). The number of aryl methyl sites for hydroxylation is 1. The van der Waals surface area contributed by atoms with Crippen LogP contribution in [-0.2, 0) is 0 Å². The van der Waals surface area contributed by atoms with Gasteiger partial charge in [0.2, 0.25) is 5.75 Å². The molecule has 0 unspecified atom stereocenters. The Kier molecular flexibility index (Phi) is 4.33. The van der Waals surface area contributed by atoms with Gasteiger partial charge in [0, 0.05) is 0 Å². The van der Waals surface area contributed by atoms with Crippen LogP contribution in [0.15, 0.2) is 17.2 Å². The molecule has 2 aliphatic rings. The third kappa shape index (κ3) is 2.90. The number of ether oxygens (including phenoxy) is 1. The van der Waals surface area contributed by atoms with Gasteiger partial charge >= 0.3 is 0 Å². The topological polar surface area (TPSA) is 136 Å². The van der Waals surface area contributed by atoms with E-state index in [4.69, 9.17) is 10.5 Å². The molecule has 3 heterocycles. The Morgan fingerprint density at radius 2 is 2.00 bits per heavy atom. The molecule has 2 aromatic rings. The van der Waals surface area contributed by atoms with Gasteiger partial charge in [-0.25, -0.2) is 14.6 Å². The molecule has 148 valence electrons. The van der Waals surface area contributed by atoms with Gasteiger partial charge in [-0.15, -0.1) is 0 Å². The minimum Gasteiger partial charge on any atom is -0.490 e. The van der Waals surface area contributed by atoms with Crippen molar-refractivity contribution in [2.24, 2.45) is 0 Å². The van der Waals surface area contributed by atoms with Crippen molar-refractivity contribution in [2.45, 2.75) is 44.7 Å². The van der Waals surface area contributed by atoms with Crippen LogP contribution in [0.4, 0.5) is 17.3 Å². The summed E-state index contributed by atoms with van der Waals surface area (Å²) in [5.74, 6) is 0.440. The first-order chi connectivity index (χ1) is 13.4. The van der Waals surface area contributed by atoms with E-state index >= 15 is 0 Å². The third-order valence-corrected chi connectivity index (χ3v) is 5.28. The summed E-state index contributed by atoms with van der Waals surface area (Å²) in [7, 11) is 1.45. The number of carbonyl (C=O) groups excluding carboxylic acids is 1. The van der Waals surface area contributed by atoms with Crippen molar-refractivity contribution in [1.29, 1.82) is 0 Å². The fourth-order valence-corrected chi connectivity index (χ4v) is 3.94. The van der Waals surface area contributed by atoms with Crippen LogP contribution in [-0.4, -0.2) is 33.3 Å². The Labute approximate surface area is 161 Å². The van der Waals surface area contributed by atoms with Gasteiger partial charge in [0.25, 0.3) is 11.5 Å². The molecule has 1 aliphatic heterocycles. The lowest BCUT2D eigenvalue weighted by Crippen LogP contribution is -2.64. The molecule has 2 aromatic heterocycles. The third-order valence-electron chi connectivity index (χ3n) is 5.28. The quantitative estimate of drug-likeness (QED) is 0.619. The van der Waals surface area contributed by atoms with Gasteiger partial charge in [-0.2, -0.15) is 0 Å². The molecule has 28 heavy (non-hydrogen) atoms. The second-order valence-corrected chi connectivity index (χ2v) is 7.20. The summed E-state index contributed by atoms with van der Waals surface area (Å²) in [5.41, 5.74) is 9.32. The van der Waals surface area contributed by atoms with Crippen LogP contribution in [0.5, 0.6) is 5.75 Å². The van der Waals surface area contributed by atoms with Gasteiger partial charge in [0.1, 0.15) is 23.4 Å². The monoisotopic (exact) mass is 385 g/mol. The van der Waals surface area contributed by atoms with Crippen LogP contribution in [0.25, 0.3) is 0 Å². The van der Waals surface area contributed by atoms with Crippen LogP contribution < -0.4 is 32.1 Å². The zero-order valence-corrected chi connectivity index (χ0v) is 15.8. The van der Waals surface area contributed by atoms with E-state index in [1.54, 1.807) is 13.0 Å². The van der Waals surface area contributed by atoms with Crippen molar-refractivity contribution in [3.05, 3.63) is 34.0 Å². The second kappa shape index (κ2) is 6.70. The van der Waals surface area contributed by atoms with E-state index in [0.717, 1.165) is 32.1 Å². The van der Waals surface area contributed by atoms with Gasteiger partial charge in [-0.1, -0.05) is 6.42 Å². The predicted octanol–water partition coefficient (Wildman–Crippen LogP) is 1.23. The van der Waals surface area contributed by atoms with Gasteiger partial charge < -0.3 is 21.1 Å². The van der Waals surface area contributed by atoms with Crippen molar-refractivity contribution >= 4 is 23.2 Å². The number of nitrogens with two attached hydrogens (primary N) is 1. The molecule has 0 bridgehead atoms. The van der Waals surface area contributed by atoms with E-state index in [-0.39, 0.29) is 34.5 Å². The largest absolute Gasteiger partial charge is 0.490 e. The summed E-state index contributed by atoms with van der Waals surface area (Å²) in [5, 5.41) is 6.03. The van der Waals surface area contributed by atoms with Gasteiger partial charge in [0.05, 0.1) is 7.11 Å². The Morgan fingerprint density at radius 3 is 2.71 bits per heavy atom. The number of hydrogen-bond acceptors (Lipinski definition) is 8. The lowest BCUT2D eigenvalue weighted by atomic mass is 9.88.